The zero-order valence-electron chi connectivity index (χ0n) is 9.71. The third kappa shape index (κ3) is 2.20. The Kier molecular flexibility index (Phi) is 2.95. The van der Waals surface area contributed by atoms with Crippen molar-refractivity contribution in [2.24, 2.45) is 0 Å². The minimum atomic E-state index is -0.873. The number of hydrogen-bond donors (Lipinski definition) is 2. The summed E-state index contributed by atoms with van der Waals surface area (Å²) < 4.78 is 1.60. The van der Waals surface area contributed by atoms with Gasteiger partial charge in [-0.05, 0) is 31.0 Å². The monoisotopic (exact) mass is 234 g/mol. The highest BCUT2D eigenvalue weighted by Crippen LogP contribution is 2.14. The van der Waals surface area contributed by atoms with E-state index < -0.39 is 12.0 Å². The lowest BCUT2D eigenvalue weighted by Gasteiger charge is -2.14. The van der Waals surface area contributed by atoms with E-state index in [4.69, 9.17) is 5.11 Å². The van der Waals surface area contributed by atoms with Crippen LogP contribution in [0.5, 0.6) is 0 Å². The van der Waals surface area contributed by atoms with Crippen LogP contribution in [0.3, 0.4) is 0 Å². The zero-order chi connectivity index (χ0) is 12.4. The lowest BCUT2D eigenvalue weighted by molar-refractivity contribution is -0.137. The molecule has 6 heteroatoms. The highest BCUT2D eigenvalue weighted by Gasteiger charge is 2.16. The highest BCUT2D eigenvalue weighted by molar-refractivity contribution is 5.77. The van der Waals surface area contributed by atoms with Crippen LogP contribution in [-0.2, 0) is 4.79 Å². The summed E-state index contributed by atoms with van der Waals surface area (Å²) in [5, 5.41) is 16.0. The number of nitrogens with zero attached hydrogens (tertiary/aromatic N) is 3. The number of carboxylic acids is 1. The molecule has 0 fully saturated rings. The van der Waals surface area contributed by atoms with E-state index in [-0.39, 0.29) is 0 Å². The van der Waals surface area contributed by atoms with Crippen LogP contribution in [0, 0.1) is 6.92 Å². The van der Waals surface area contributed by atoms with E-state index in [9.17, 15) is 4.79 Å². The summed E-state index contributed by atoms with van der Waals surface area (Å²) in [6.45, 7) is 3.75. The first-order valence-corrected chi connectivity index (χ1v) is 5.41. The van der Waals surface area contributed by atoms with E-state index in [1.165, 1.54) is 6.33 Å². The molecular formula is C11H14N4O2. The summed E-state index contributed by atoms with van der Waals surface area (Å²) in [6, 6.07) is 3.12. The first-order chi connectivity index (χ1) is 8.11. The molecule has 0 saturated heterocycles. The fourth-order valence-electron chi connectivity index (χ4n) is 1.68. The minimum absolute atomic E-state index is 0.499. The molecule has 0 amide bonds. The van der Waals surface area contributed by atoms with Crippen LogP contribution in [0.4, 0.5) is 5.82 Å². The van der Waals surface area contributed by atoms with E-state index in [1.807, 2.05) is 26.0 Å². The molecule has 0 bridgehead atoms. The lowest BCUT2D eigenvalue weighted by Crippen LogP contribution is -2.29. The Morgan fingerprint density at radius 2 is 2.35 bits per heavy atom. The van der Waals surface area contributed by atoms with Gasteiger partial charge in [0.1, 0.15) is 18.2 Å². The fraction of sp³-hybridized carbons (Fsp3) is 0.364. The van der Waals surface area contributed by atoms with Gasteiger partial charge >= 0.3 is 5.97 Å². The second kappa shape index (κ2) is 4.40. The van der Waals surface area contributed by atoms with Crippen molar-refractivity contribution in [3.05, 3.63) is 24.0 Å². The SMILES string of the molecule is CCC(Nc1cc(C)cc2ncnn12)C(=O)O. The number of rotatable bonds is 4. The number of carboxylic acid groups (broad SMARTS) is 1. The van der Waals surface area contributed by atoms with Crippen molar-refractivity contribution >= 4 is 17.4 Å². The van der Waals surface area contributed by atoms with Crippen molar-refractivity contribution in [3.8, 4) is 0 Å². The molecule has 0 saturated carbocycles. The normalized spacial score (nSPS) is 12.6. The Labute approximate surface area is 98.3 Å². The smallest absolute Gasteiger partial charge is 0.326 e. The van der Waals surface area contributed by atoms with Gasteiger partial charge in [-0.3, -0.25) is 0 Å². The summed E-state index contributed by atoms with van der Waals surface area (Å²) in [4.78, 5) is 15.1. The molecule has 0 radical (unpaired) electrons. The summed E-state index contributed by atoms with van der Waals surface area (Å²) in [5.41, 5.74) is 1.71. The van der Waals surface area contributed by atoms with Crippen LogP contribution in [0.1, 0.15) is 18.9 Å². The van der Waals surface area contributed by atoms with Gasteiger partial charge in [-0.15, -0.1) is 0 Å². The summed E-state index contributed by atoms with van der Waals surface area (Å²) in [5.74, 6) is -0.228. The number of hydrogen-bond acceptors (Lipinski definition) is 4. The highest BCUT2D eigenvalue weighted by atomic mass is 16.4. The Hall–Kier alpha value is -2.11. The molecule has 2 aromatic rings. The molecule has 6 nitrogen and oxygen atoms in total. The molecule has 0 aliphatic carbocycles. The van der Waals surface area contributed by atoms with E-state index in [0.29, 0.717) is 17.9 Å². The molecule has 2 heterocycles. The molecule has 0 spiro atoms. The molecule has 90 valence electrons. The first kappa shape index (κ1) is 11.4. The van der Waals surface area contributed by atoms with Crippen LogP contribution in [0.15, 0.2) is 18.5 Å². The maximum atomic E-state index is 11.0. The number of anilines is 1. The molecule has 0 aliphatic heterocycles. The predicted octanol–water partition coefficient (Wildman–Crippen LogP) is 1.31. The summed E-state index contributed by atoms with van der Waals surface area (Å²) in [6.07, 6.45) is 1.95. The molecule has 17 heavy (non-hydrogen) atoms. The van der Waals surface area contributed by atoms with Gasteiger partial charge in [-0.25, -0.2) is 9.78 Å². The standard InChI is InChI=1S/C11H14N4O2/c1-3-8(11(16)17)14-10-5-7(2)4-9-12-6-13-15(9)10/h4-6,8,14H,3H2,1-2H3,(H,16,17). The van der Waals surface area contributed by atoms with E-state index in [2.05, 4.69) is 15.4 Å². The van der Waals surface area contributed by atoms with Gasteiger partial charge in [0.15, 0.2) is 5.65 Å². The Morgan fingerprint density at radius 3 is 3.00 bits per heavy atom. The zero-order valence-corrected chi connectivity index (χ0v) is 9.71. The molecule has 2 N–H and O–H groups in total. The average molecular weight is 234 g/mol. The van der Waals surface area contributed by atoms with Crippen LogP contribution in [0.2, 0.25) is 0 Å². The number of aliphatic carboxylic acids is 1. The second-order valence-corrected chi connectivity index (χ2v) is 3.89. The third-order valence-corrected chi connectivity index (χ3v) is 2.55. The first-order valence-electron chi connectivity index (χ1n) is 5.41. The van der Waals surface area contributed by atoms with Crippen molar-refractivity contribution < 1.29 is 9.90 Å². The van der Waals surface area contributed by atoms with Crippen molar-refractivity contribution in [1.29, 1.82) is 0 Å². The maximum Gasteiger partial charge on any atom is 0.326 e. The molecule has 1 atom stereocenters. The van der Waals surface area contributed by atoms with Crippen LogP contribution in [0.25, 0.3) is 5.65 Å². The Balaban J connectivity index is 2.40. The average Bonchev–Trinajstić information content (AvgIpc) is 2.72. The Bertz CT molecular complexity index is 549. The minimum Gasteiger partial charge on any atom is -0.480 e. The molecule has 0 aromatic carbocycles. The largest absolute Gasteiger partial charge is 0.480 e. The lowest BCUT2D eigenvalue weighted by atomic mass is 10.2. The topological polar surface area (TPSA) is 79.5 Å². The molecule has 2 aromatic heterocycles. The van der Waals surface area contributed by atoms with Crippen molar-refractivity contribution in [3.63, 3.8) is 0 Å². The second-order valence-electron chi connectivity index (χ2n) is 3.89. The van der Waals surface area contributed by atoms with Crippen molar-refractivity contribution in [2.45, 2.75) is 26.3 Å². The van der Waals surface area contributed by atoms with E-state index in [1.54, 1.807) is 4.52 Å². The number of aryl methyl sites for hydroxylation is 1. The van der Waals surface area contributed by atoms with Gasteiger partial charge in [0.05, 0.1) is 0 Å². The van der Waals surface area contributed by atoms with Crippen molar-refractivity contribution in [1.82, 2.24) is 14.6 Å². The number of pyridine rings is 1. The fourth-order valence-corrected chi connectivity index (χ4v) is 1.68. The van der Waals surface area contributed by atoms with Gasteiger partial charge in [-0.2, -0.15) is 9.61 Å². The van der Waals surface area contributed by atoms with Gasteiger partial charge in [-0.1, -0.05) is 6.92 Å². The number of nitrogens with one attached hydrogen (secondary N) is 1. The van der Waals surface area contributed by atoms with Crippen molar-refractivity contribution in [2.75, 3.05) is 5.32 Å². The van der Waals surface area contributed by atoms with Crippen LogP contribution in [-0.4, -0.2) is 31.7 Å². The Morgan fingerprint density at radius 1 is 1.59 bits per heavy atom. The van der Waals surface area contributed by atoms with Gasteiger partial charge in [0.25, 0.3) is 0 Å². The predicted molar refractivity (Wildman–Crippen MR) is 63.1 cm³/mol. The van der Waals surface area contributed by atoms with Gasteiger partial charge in [0.2, 0.25) is 0 Å². The molecule has 1 unspecified atom stereocenters. The molecular weight excluding hydrogens is 220 g/mol. The van der Waals surface area contributed by atoms with Gasteiger partial charge < -0.3 is 10.4 Å². The summed E-state index contributed by atoms with van der Waals surface area (Å²) >= 11 is 0. The number of carbonyl (C=O) groups is 1. The van der Waals surface area contributed by atoms with Crippen LogP contribution < -0.4 is 5.32 Å². The van der Waals surface area contributed by atoms with E-state index in [0.717, 1.165) is 5.56 Å². The van der Waals surface area contributed by atoms with Gasteiger partial charge in [0, 0.05) is 0 Å². The third-order valence-electron chi connectivity index (χ3n) is 2.55. The summed E-state index contributed by atoms with van der Waals surface area (Å²) in [7, 11) is 0. The number of fused-ring (bicyclic) bond motifs is 1. The number of aromatic nitrogens is 3. The van der Waals surface area contributed by atoms with Crippen LogP contribution >= 0.6 is 0 Å². The molecule has 0 aliphatic rings. The molecule has 2 rings (SSSR count). The van der Waals surface area contributed by atoms with E-state index >= 15 is 0 Å². The quantitative estimate of drug-likeness (QED) is 0.833. The maximum absolute atomic E-state index is 11.0.